The second-order valence-corrected chi connectivity index (χ2v) is 3.07. The third-order valence-corrected chi connectivity index (χ3v) is 1.95. The number of nitrogens with zero attached hydrogens (tertiary/aromatic N) is 1. The normalized spacial score (nSPS) is 21.6. The molecule has 0 aliphatic carbocycles. The molecule has 0 aromatic rings. The number of amides is 3. The van der Waals surface area contributed by atoms with E-state index in [1.807, 2.05) is 0 Å². The first-order valence-electron chi connectivity index (χ1n) is 4.04. The Morgan fingerprint density at radius 2 is 2.31 bits per heavy atom. The van der Waals surface area contributed by atoms with E-state index in [4.69, 9.17) is 10.8 Å². The Morgan fingerprint density at radius 3 is 2.69 bits per heavy atom. The van der Waals surface area contributed by atoms with Crippen LogP contribution in [0.3, 0.4) is 0 Å². The lowest BCUT2D eigenvalue weighted by molar-refractivity contribution is -0.125. The van der Waals surface area contributed by atoms with Crippen LogP contribution >= 0.6 is 0 Å². The average Bonchev–Trinajstić information content (AvgIpc) is 2.35. The van der Waals surface area contributed by atoms with E-state index in [-0.39, 0.29) is 19.0 Å². The van der Waals surface area contributed by atoms with Crippen LogP contribution in [-0.2, 0) is 4.79 Å². The number of aliphatic hydroxyl groups is 1. The summed E-state index contributed by atoms with van der Waals surface area (Å²) in [6.45, 7) is 1.59. The highest BCUT2D eigenvalue weighted by Gasteiger charge is 2.30. The number of rotatable bonds is 3. The minimum absolute atomic E-state index is 0.0192. The Bertz CT molecular complexity index is 213. The Balaban J connectivity index is 2.52. The monoisotopic (exact) mass is 187 g/mol. The molecule has 4 N–H and O–H groups in total. The van der Waals surface area contributed by atoms with E-state index < -0.39 is 18.2 Å². The van der Waals surface area contributed by atoms with E-state index in [0.717, 1.165) is 4.90 Å². The van der Waals surface area contributed by atoms with Crippen molar-refractivity contribution in [1.29, 1.82) is 0 Å². The molecule has 0 saturated carbocycles. The van der Waals surface area contributed by atoms with Crippen molar-refractivity contribution in [2.45, 2.75) is 19.1 Å². The zero-order chi connectivity index (χ0) is 10.0. The Hall–Kier alpha value is -1.14. The lowest BCUT2D eigenvalue weighted by Crippen LogP contribution is -2.46. The summed E-state index contributed by atoms with van der Waals surface area (Å²) in [4.78, 5) is 23.1. The van der Waals surface area contributed by atoms with Gasteiger partial charge in [0.1, 0.15) is 0 Å². The molecule has 6 heteroatoms. The summed E-state index contributed by atoms with van der Waals surface area (Å²) in [6, 6.07) is -1.03. The Labute approximate surface area is 75.7 Å². The van der Waals surface area contributed by atoms with E-state index in [0.29, 0.717) is 0 Å². The van der Waals surface area contributed by atoms with Crippen LogP contribution in [0.1, 0.15) is 6.92 Å². The summed E-state index contributed by atoms with van der Waals surface area (Å²) >= 11 is 0. The topological polar surface area (TPSA) is 95.7 Å². The minimum Gasteiger partial charge on any atom is -0.392 e. The molecule has 0 aromatic heterocycles. The van der Waals surface area contributed by atoms with Crippen molar-refractivity contribution in [3.63, 3.8) is 0 Å². The van der Waals surface area contributed by atoms with Crippen LogP contribution in [0.25, 0.3) is 0 Å². The SMILES string of the molecule is CC(O)C(N)CN1C(=O)CNC1=O. The minimum atomic E-state index is -0.735. The molecular formula is C7H13N3O3. The number of imide groups is 1. The van der Waals surface area contributed by atoms with Gasteiger partial charge in [-0.3, -0.25) is 9.69 Å². The molecule has 2 atom stereocenters. The fourth-order valence-corrected chi connectivity index (χ4v) is 1.00. The fourth-order valence-electron chi connectivity index (χ4n) is 1.00. The van der Waals surface area contributed by atoms with Gasteiger partial charge in [-0.15, -0.1) is 0 Å². The number of carbonyl (C=O) groups is 2. The zero-order valence-electron chi connectivity index (χ0n) is 7.36. The zero-order valence-corrected chi connectivity index (χ0v) is 7.36. The molecule has 13 heavy (non-hydrogen) atoms. The van der Waals surface area contributed by atoms with Crippen LogP contribution < -0.4 is 11.1 Å². The molecule has 74 valence electrons. The maximum Gasteiger partial charge on any atom is 0.324 e. The summed E-state index contributed by atoms with van der Waals surface area (Å²) in [5, 5.41) is 11.4. The van der Waals surface area contributed by atoms with Gasteiger partial charge in [-0.25, -0.2) is 4.79 Å². The molecule has 1 aliphatic rings. The molecule has 6 nitrogen and oxygen atoms in total. The molecule has 1 aliphatic heterocycles. The smallest absolute Gasteiger partial charge is 0.324 e. The molecule has 0 radical (unpaired) electrons. The van der Waals surface area contributed by atoms with Gasteiger partial charge in [0.2, 0.25) is 5.91 Å². The molecule has 2 unspecified atom stereocenters. The molecule has 1 rings (SSSR count). The van der Waals surface area contributed by atoms with Crippen LogP contribution in [0.2, 0.25) is 0 Å². The summed E-state index contributed by atoms with van der Waals surface area (Å²) in [7, 11) is 0. The molecule has 1 saturated heterocycles. The second-order valence-electron chi connectivity index (χ2n) is 3.07. The summed E-state index contributed by atoms with van der Waals surface area (Å²) in [5.74, 6) is -0.305. The quantitative estimate of drug-likeness (QED) is 0.456. The lowest BCUT2D eigenvalue weighted by atomic mass is 10.2. The first-order chi connectivity index (χ1) is 6.02. The number of carbonyl (C=O) groups excluding carboxylic acids is 2. The number of aliphatic hydroxyl groups excluding tert-OH is 1. The first-order valence-corrected chi connectivity index (χ1v) is 4.04. The van der Waals surface area contributed by atoms with E-state index in [9.17, 15) is 9.59 Å². The van der Waals surface area contributed by atoms with Crippen molar-refractivity contribution >= 4 is 11.9 Å². The molecule has 1 fully saturated rings. The predicted molar refractivity (Wildman–Crippen MR) is 44.8 cm³/mol. The van der Waals surface area contributed by atoms with Crippen LogP contribution in [0.4, 0.5) is 4.79 Å². The highest BCUT2D eigenvalue weighted by atomic mass is 16.3. The highest BCUT2D eigenvalue weighted by Crippen LogP contribution is 2.01. The van der Waals surface area contributed by atoms with Gasteiger partial charge in [0, 0.05) is 12.6 Å². The largest absolute Gasteiger partial charge is 0.392 e. The van der Waals surface area contributed by atoms with E-state index >= 15 is 0 Å². The third-order valence-electron chi connectivity index (χ3n) is 1.95. The van der Waals surface area contributed by atoms with Gasteiger partial charge in [-0.05, 0) is 6.92 Å². The maximum atomic E-state index is 11.0. The fraction of sp³-hybridized carbons (Fsp3) is 0.714. The number of nitrogens with two attached hydrogens (primary N) is 1. The molecule has 0 bridgehead atoms. The van der Waals surface area contributed by atoms with E-state index in [2.05, 4.69) is 5.32 Å². The number of hydrogen-bond donors (Lipinski definition) is 3. The molecule has 1 heterocycles. The maximum absolute atomic E-state index is 11.0. The van der Waals surface area contributed by atoms with Crippen molar-refractivity contribution in [1.82, 2.24) is 10.2 Å². The third kappa shape index (κ3) is 2.16. The van der Waals surface area contributed by atoms with Gasteiger partial charge < -0.3 is 16.2 Å². The summed E-state index contributed by atoms with van der Waals surface area (Å²) < 4.78 is 0. The van der Waals surface area contributed by atoms with Crippen molar-refractivity contribution in [3.8, 4) is 0 Å². The average molecular weight is 187 g/mol. The Morgan fingerprint density at radius 1 is 1.69 bits per heavy atom. The van der Waals surface area contributed by atoms with Crippen LogP contribution in [-0.4, -0.2) is 47.2 Å². The number of hydrogen-bond acceptors (Lipinski definition) is 4. The second kappa shape index (κ2) is 3.71. The van der Waals surface area contributed by atoms with Gasteiger partial charge >= 0.3 is 6.03 Å². The van der Waals surface area contributed by atoms with E-state index in [1.54, 1.807) is 0 Å². The van der Waals surface area contributed by atoms with Gasteiger partial charge in [0.25, 0.3) is 0 Å². The Kier molecular flexibility index (Phi) is 2.84. The molecule has 0 spiro atoms. The van der Waals surface area contributed by atoms with Gasteiger partial charge in [-0.1, -0.05) is 0 Å². The summed E-state index contributed by atoms with van der Waals surface area (Å²) in [6.07, 6.45) is -0.735. The molecule has 0 aromatic carbocycles. The van der Waals surface area contributed by atoms with Crippen molar-refractivity contribution in [3.05, 3.63) is 0 Å². The number of nitrogens with one attached hydrogen (secondary N) is 1. The van der Waals surface area contributed by atoms with Crippen molar-refractivity contribution < 1.29 is 14.7 Å². The van der Waals surface area contributed by atoms with E-state index in [1.165, 1.54) is 6.92 Å². The predicted octanol–water partition coefficient (Wildman–Crippen LogP) is -1.75. The van der Waals surface area contributed by atoms with Crippen LogP contribution in [0, 0.1) is 0 Å². The highest BCUT2D eigenvalue weighted by molar-refractivity contribution is 6.01. The van der Waals surface area contributed by atoms with Gasteiger partial charge in [0.15, 0.2) is 0 Å². The van der Waals surface area contributed by atoms with Crippen LogP contribution in [0.5, 0.6) is 0 Å². The van der Waals surface area contributed by atoms with Crippen molar-refractivity contribution in [2.24, 2.45) is 5.73 Å². The van der Waals surface area contributed by atoms with Gasteiger partial charge in [-0.2, -0.15) is 0 Å². The number of urea groups is 1. The molecular weight excluding hydrogens is 174 g/mol. The first kappa shape index (κ1) is 9.94. The van der Waals surface area contributed by atoms with Crippen molar-refractivity contribution in [2.75, 3.05) is 13.1 Å². The summed E-state index contributed by atoms with van der Waals surface area (Å²) in [5.41, 5.74) is 5.50. The van der Waals surface area contributed by atoms with Crippen LogP contribution in [0.15, 0.2) is 0 Å². The molecule has 3 amide bonds. The van der Waals surface area contributed by atoms with Gasteiger partial charge in [0.05, 0.1) is 12.6 Å². The lowest BCUT2D eigenvalue weighted by Gasteiger charge is -2.19. The standard InChI is InChI=1S/C7H13N3O3/c1-4(11)5(8)3-10-6(12)2-9-7(10)13/h4-5,11H,2-3,8H2,1H3,(H,9,13).